The number of carbonyl (C=O) groups is 1. The lowest BCUT2D eigenvalue weighted by atomic mass is 10.1. The fourth-order valence-corrected chi connectivity index (χ4v) is 6.42. The van der Waals surface area contributed by atoms with Crippen LogP contribution in [0.2, 0.25) is 0 Å². The Hall–Kier alpha value is -3.95. The summed E-state index contributed by atoms with van der Waals surface area (Å²) in [6.45, 7) is 3.65. The van der Waals surface area contributed by atoms with E-state index in [9.17, 15) is 21.6 Å². The molecule has 4 aromatic carbocycles. The first-order valence-corrected chi connectivity index (χ1v) is 14.0. The van der Waals surface area contributed by atoms with Crippen LogP contribution in [0.3, 0.4) is 0 Å². The third-order valence-corrected chi connectivity index (χ3v) is 8.78. The Morgan fingerprint density at radius 2 is 1.17 bits per heavy atom. The highest BCUT2D eigenvalue weighted by Gasteiger charge is 2.30. The van der Waals surface area contributed by atoms with Crippen molar-refractivity contribution in [1.29, 1.82) is 0 Å². The molecule has 0 fully saturated rings. The van der Waals surface area contributed by atoms with Crippen molar-refractivity contribution >= 4 is 37.2 Å². The number of rotatable bonds is 6. The Labute approximate surface area is 209 Å². The second kappa shape index (κ2) is 8.61. The molecule has 0 aromatic heterocycles. The summed E-state index contributed by atoms with van der Waals surface area (Å²) in [6, 6.07) is 22.6. The fraction of sp³-hybridized carbons (Fsp3) is 0.0741. The Kier molecular flexibility index (Phi) is 5.69. The van der Waals surface area contributed by atoms with E-state index in [1.807, 2.05) is 19.1 Å². The molecule has 0 spiro atoms. The van der Waals surface area contributed by atoms with E-state index in [0.717, 1.165) is 11.1 Å². The van der Waals surface area contributed by atoms with Crippen molar-refractivity contribution in [2.75, 3.05) is 9.44 Å². The third-order valence-electron chi connectivity index (χ3n) is 6.04. The van der Waals surface area contributed by atoms with E-state index in [1.165, 1.54) is 24.3 Å². The van der Waals surface area contributed by atoms with E-state index >= 15 is 0 Å². The Bertz CT molecular complexity index is 1760. The van der Waals surface area contributed by atoms with Crippen LogP contribution >= 0.6 is 0 Å². The van der Waals surface area contributed by atoms with Crippen LogP contribution in [0.1, 0.15) is 27.0 Å². The van der Waals surface area contributed by atoms with E-state index < -0.39 is 25.8 Å². The summed E-state index contributed by atoms with van der Waals surface area (Å²) < 4.78 is 57.0. The standard InChI is InChI=1S/C27H22N2O5S2/c1-17-6-5-8-19(14-17)28-35(31,32)20-10-12-22-23-13-11-21(16-25(23)27(30)24(22)15-20)36(33,34)29-26-9-4-3-7-18(26)2/h3-16,28-29H,1-2H3. The minimum atomic E-state index is -3.95. The van der Waals surface area contributed by atoms with Gasteiger partial charge in [-0.25, -0.2) is 16.8 Å². The van der Waals surface area contributed by atoms with Gasteiger partial charge >= 0.3 is 0 Å². The van der Waals surface area contributed by atoms with E-state index in [2.05, 4.69) is 9.44 Å². The molecule has 36 heavy (non-hydrogen) atoms. The predicted molar refractivity (Wildman–Crippen MR) is 139 cm³/mol. The van der Waals surface area contributed by atoms with E-state index in [-0.39, 0.29) is 20.9 Å². The summed E-state index contributed by atoms with van der Waals surface area (Å²) >= 11 is 0. The summed E-state index contributed by atoms with van der Waals surface area (Å²) in [5, 5.41) is 0. The number of fused-ring (bicyclic) bond motifs is 3. The average molecular weight is 519 g/mol. The minimum absolute atomic E-state index is 0.0559. The molecule has 0 bridgehead atoms. The highest BCUT2D eigenvalue weighted by Crippen LogP contribution is 2.39. The van der Waals surface area contributed by atoms with Crippen LogP contribution in [0.15, 0.2) is 94.7 Å². The number of anilines is 2. The van der Waals surface area contributed by atoms with E-state index in [0.29, 0.717) is 22.5 Å². The number of hydrogen-bond donors (Lipinski definition) is 2. The molecule has 0 saturated carbocycles. The minimum Gasteiger partial charge on any atom is -0.289 e. The van der Waals surface area contributed by atoms with Crippen LogP contribution in [-0.2, 0) is 20.0 Å². The van der Waals surface area contributed by atoms with Crippen LogP contribution in [0.5, 0.6) is 0 Å². The quantitative estimate of drug-likeness (QED) is 0.324. The molecule has 0 atom stereocenters. The molecule has 0 amide bonds. The summed E-state index contributed by atoms with van der Waals surface area (Å²) in [5.74, 6) is -0.430. The number of ketones is 1. The molecule has 182 valence electrons. The molecular weight excluding hydrogens is 496 g/mol. The summed E-state index contributed by atoms with van der Waals surface area (Å²) in [5.41, 5.74) is 4.05. The van der Waals surface area contributed by atoms with Crippen molar-refractivity contribution in [3.63, 3.8) is 0 Å². The van der Waals surface area contributed by atoms with E-state index in [4.69, 9.17) is 0 Å². The highest BCUT2D eigenvalue weighted by atomic mass is 32.2. The van der Waals surface area contributed by atoms with Crippen molar-refractivity contribution in [1.82, 2.24) is 0 Å². The van der Waals surface area contributed by atoms with Crippen LogP contribution in [0.25, 0.3) is 11.1 Å². The molecule has 7 nitrogen and oxygen atoms in total. The molecule has 0 saturated heterocycles. The molecule has 5 rings (SSSR count). The molecule has 0 aliphatic heterocycles. The van der Waals surface area contributed by atoms with Gasteiger partial charge in [-0.1, -0.05) is 42.5 Å². The number of benzene rings is 4. The zero-order chi connectivity index (χ0) is 25.7. The van der Waals surface area contributed by atoms with Gasteiger partial charge in [0, 0.05) is 16.8 Å². The predicted octanol–water partition coefficient (Wildman–Crippen LogP) is 5.12. The topological polar surface area (TPSA) is 109 Å². The molecule has 1 aliphatic rings. The van der Waals surface area contributed by atoms with Gasteiger partial charge in [0.05, 0.1) is 15.5 Å². The normalized spacial score (nSPS) is 12.7. The average Bonchev–Trinajstić information content (AvgIpc) is 3.11. The van der Waals surface area contributed by atoms with Gasteiger partial charge in [-0.05, 0) is 78.6 Å². The second-order valence-corrected chi connectivity index (χ2v) is 12.0. The largest absolute Gasteiger partial charge is 0.289 e. The number of para-hydroxylation sites is 1. The Morgan fingerprint density at radius 3 is 1.75 bits per heavy atom. The zero-order valence-electron chi connectivity index (χ0n) is 19.4. The van der Waals surface area contributed by atoms with Crippen LogP contribution in [0, 0.1) is 13.8 Å². The van der Waals surface area contributed by atoms with Gasteiger partial charge in [-0.2, -0.15) is 0 Å². The van der Waals surface area contributed by atoms with Crippen LogP contribution < -0.4 is 9.44 Å². The monoisotopic (exact) mass is 518 g/mol. The number of carbonyl (C=O) groups excluding carboxylic acids is 1. The lowest BCUT2D eigenvalue weighted by molar-refractivity contribution is 0.104. The first-order chi connectivity index (χ1) is 17.0. The van der Waals surface area contributed by atoms with Gasteiger partial charge in [0.2, 0.25) is 0 Å². The van der Waals surface area contributed by atoms with Crippen LogP contribution in [-0.4, -0.2) is 22.6 Å². The molecule has 0 unspecified atom stereocenters. The smallest absolute Gasteiger partial charge is 0.261 e. The molecule has 0 heterocycles. The van der Waals surface area contributed by atoms with E-state index in [1.54, 1.807) is 55.5 Å². The maximum absolute atomic E-state index is 13.2. The molecule has 0 radical (unpaired) electrons. The lowest BCUT2D eigenvalue weighted by Gasteiger charge is -2.11. The molecule has 9 heteroatoms. The van der Waals surface area contributed by atoms with Gasteiger partial charge in [0.1, 0.15) is 0 Å². The molecule has 4 aromatic rings. The second-order valence-electron chi connectivity index (χ2n) is 8.64. The van der Waals surface area contributed by atoms with Crippen molar-refractivity contribution in [2.45, 2.75) is 23.6 Å². The number of nitrogens with one attached hydrogen (secondary N) is 2. The highest BCUT2D eigenvalue weighted by molar-refractivity contribution is 7.93. The fourth-order valence-electron chi connectivity index (χ4n) is 4.19. The molecule has 1 aliphatic carbocycles. The zero-order valence-corrected chi connectivity index (χ0v) is 21.1. The summed E-state index contributed by atoms with van der Waals surface area (Å²) in [7, 11) is -7.89. The van der Waals surface area contributed by atoms with Gasteiger partial charge in [0.15, 0.2) is 5.78 Å². The van der Waals surface area contributed by atoms with Gasteiger partial charge in [0.25, 0.3) is 20.0 Å². The number of hydrogen-bond acceptors (Lipinski definition) is 5. The van der Waals surface area contributed by atoms with Gasteiger partial charge in [-0.15, -0.1) is 0 Å². The molecule has 2 N–H and O–H groups in total. The van der Waals surface area contributed by atoms with Crippen molar-refractivity contribution in [3.05, 3.63) is 107 Å². The SMILES string of the molecule is Cc1cccc(NS(=O)(=O)c2ccc3c(c2)C(=O)c2cc(S(=O)(=O)Nc4ccccc4C)ccc2-3)c1. The summed E-state index contributed by atoms with van der Waals surface area (Å²) in [4.78, 5) is 13.1. The summed E-state index contributed by atoms with van der Waals surface area (Å²) in [6.07, 6.45) is 0. The maximum Gasteiger partial charge on any atom is 0.261 e. The van der Waals surface area contributed by atoms with Crippen molar-refractivity contribution in [3.8, 4) is 11.1 Å². The first-order valence-electron chi connectivity index (χ1n) is 11.1. The number of sulfonamides is 2. The van der Waals surface area contributed by atoms with Crippen LogP contribution in [0.4, 0.5) is 11.4 Å². The van der Waals surface area contributed by atoms with Gasteiger partial charge in [-0.3, -0.25) is 14.2 Å². The third kappa shape index (κ3) is 4.27. The van der Waals surface area contributed by atoms with Crippen molar-refractivity contribution in [2.24, 2.45) is 0 Å². The van der Waals surface area contributed by atoms with Gasteiger partial charge < -0.3 is 0 Å². The molecular formula is C27H22N2O5S2. The first kappa shape index (κ1) is 23.8. The maximum atomic E-state index is 13.2. The Morgan fingerprint density at radius 1 is 0.583 bits per heavy atom. The Balaban J connectivity index is 1.47. The lowest BCUT2D eigenvalue weighted by Crippen LogP contribution is -2.14. The van der Waals surface area contributed by atoms with Crippen molar-refractivity contribution < 1.29 is 21.6 Å². The number of aryl methyl sites for hydroxylation is 2.